The first-order valence-electron chi connectivity index (χ1n) is 6.91. The highest BCUT2D eigenvalue weighted by atomic mass is 16.5. The minimum absolute atomic E-state index is 0.357. The fourth-order valence-electron chi connectivity index (χ4n) is 2.16. The lowest BCUT2D eigenvalue weighted by molar-refractivity contribution is -0.144. The van der Waals surface area contributed by atoms with Crippen LogP contribution in [0.5, 0.6) is 5.75 Å². The van der Waals surface area contributed by atoms with Crippen molar-refractivity contribution in [3.05, 3.63) is 34.4 Å². The van der Waals surface area contributed by atoms with Crippen molar-refractivity contribution >= 4 is 17.3 Å². The molecule has 0 bridgehead atoms. The Morgan fingerprint density at radius 2 is 2.14 bits per heavy atom. The maximum absolute atomic E-state index is 12.2. The Morgan fingerprint density at radius 3 is 2.73 bits per heavy atom. The van der Waals surface area contributed by atoms with Crippen molar-refractivity contribution in [2.75, 3.05) is 12.4 Å². The summed E-state index contributed by atoms with van der Waals surface area (Å²) < 4.78 is 5.97. The van der Waals surface area contributed by atoms with Gasteiger partial charge in [-0.1, -0.05) is 6.92 Å². The second kappa shape index (κ2) is 5.67. The van der Waals surface area contributed by atoms with Gasteiger partial charge in [-0.15, -0.1) is 0 Å². The molecule has 2 heterocycles. The van der Waals surface area contributed by atoms with E-state index < -0.39 is 17.1 Å². The molecular formula is C15H19N3O4. The fraction of sp³-hybridized carbons (Fsp3) is 0.400. The standard InChI is InChI=1S/C15H19N3O4/c1-5-10-12(19)13(20)18-8-9(6-7-11(18)16-10)17-15(2,3)14(21)22-4/h6-8,17,19H,5H2,1-4H3. The summed E-state index contributed by atoms with van der Waals surface area (Å²) in [7, 11) is 1.31. The van der Waals surface area contributed by atoms with Crippen molar-refractivity contribution in [3.8, 4) is 5.75 Å². The molecule has 0 saturated heterocycles. The second-order valence-corrected chi connectivity index (χ2v) is 5.45. The third-order valence-corrected chi connectivity index (χ3v) is 3.36. The molecule has 2 rings (SSSR count). The van der Waals surface area contributed by atoms with Gasteiger partial charge in [0, 0.05) is 6.20 Å². The lowest BCUT2D eigenvalue weighted by Crippen LogP contribution is -2.41. The van der Waals surface area contributed by atoms with Crippen LogP contribution in [-0.4, -0.2) is 33.1 Å². The molecule has 0 aromatic carbocycles. The highest BCUT2D eigenvalue weighted by Gasteiger charge is 2.28. The largest absolute Gasteiger partial charge is 0.502 e. The molecule has 0 spiro atoms. The van der Waals surface area contributed by atoms with E-state index in [0.717, 1.165) is 0 Å². The Bertz CT molecular complexity index is 780. The monoisotopic (exact) mass is 305 g/mol. The van der Waals surface area contributed by atoms with Crippen molar-refractivity contribution in [2.45, 2.75) is 32.7 Å². The predicted molar refractivity (Wildman–Crippen MR) is 82.2 cm³/mol. The molecule has 0 amide bonds. The van der Waals surface area contributed by atoms with Gasteiger partial charge >= 0.3 is 5.97 Å². The SMILES string of the molecule is CCc1nc2ccc(NC(C)(C)C(=O)OC)cn2c(=O)c1O. The van der Waals surface area contributed by atoms with Crippen LogP contribution in [0.3, 0.4) is 0 Å². The molecular weight excluding hydrogens is 286 g/mol. The molecule has 118 valence electrons. The van der Waals surface area contributed by atoms with Crippen molar-refractivity contribution < 1.29 is 14.6 Å². The summed E-state index contributed by atoms with van der Waals surface area (Å²) in [6.07, 6.45) is 1.96. The van der Waals surface area contributed by atoms with Gasteiger partial charge in [-0.05, 0) is 32.4 Å². The summed E-state index contributed by atoms with van der Waals surface area (Å²) in [4.78, 5) is 28.1. The third-order valence-electron chi connectivity index (χ3n) is 3.36. The zero-order chi connectivity index (χ0) is 16.5. The number of aryl methyl sites for hydroxylation is 1. The molecule has 0 aliphatic carbocycles. The number of aromatic hydroxyl groups is 1. The number of pyridine rings is 1. The van der Waals surface area contributed by atoms with E-state index in [9.17, 15) is 14.7 Å². The van der Waals surface area contributed by atoms with Gasteiger partial charge in [0.05, 0.1) is 18.5 Å². The van der Waals surface area contributed by atoms with Crippen molar-refractivity contribution in [1.29, 1.82) is 0 Å². The molecule has 2 aromatic heterocycles. The molecule has 2 N–H and O–H groups in total. The number of aromatic nitrogens is 2. The van der Waals surface area contributed by atoms with E-state index in [4.69, 9.17) is 4.74 Å². The van der Waals surface area contributed by atoms with Crippen molar-refractivity contribution in [2.24, 2.45) is 0 Å². The minimum Gasteiger partial charge on any atom is -0.502 e. The van der Waals surface area contributed by atoms with Crippen LogP contribution >= 0.6 is 0 Å². The Hall–Kier alpha value is -2.57. The number of esters is 1. The molecule has 0 fully saturated rings. The minimum atomic E-state index is -0.954. The van der Waals surface area contributed by atoms with E-state index in [-0.39, 0.29) is 5.75 Å². The zero-order valence-electron chi connectivity index (χ0n) is 13.0. The molecule has 7 heteroatoms. The number of hydrogen-bond donors (Lipinski definition) is 2. The number of carbonyl (C=O) groups is 1. The Labute approximate surface area is 127 Å². The number of rotatable bonds is 4. The van der Waals surface area contributed by atoms with E-state index in [1.807, 2.05) is 6.92 Å². The number of nitrogens with zero attached hydrogens (tertiary/aromatic N) is 2. The zero-order valence-corrected chi connectivity index (χ0v) is 13.0. The maximum atomic E-state index is 12.2. The van der Waals surface area contributed by atoms with Crippen LogP contribution in [0.4, 0.5) is 5.69 Å². The number of ether oxygens (including phenoxy) is 1. The molecule has 0 saturated carbocycles. The molecule has 22 heavy (non-hydrogen) atoms. The van der Waals surface area contributed by atoms with Gasteiger partial charge in [0.1, 0.15) is 11.2 Å². The van der Waals surface area contributed by atoms with Gasteiger partial charge in [0.2, 0.25) is 5.75 Å². The molecule has 0 unspecified atom stereocenters. The van der Waals surface area contributed by atoms with Crippen LogP contribution in [0.25, 0.3) is 5.65 Å². The predicted octanol–water partition coefficient (Wildman–Crippen LogP) is 1.33. The number of carbonyl (C=O) groups excluding carboxylic acids is 1. The normalized spacial score (nSPS) is 11.5. The molecule has 7 nitrogen and oxygen atoms in total. The lowest BCUT2D eigenvalue weighted by Gasteiger charge is -2.24. The number of nitrogens with one attached hydrogen (secondary N) is 1. The average molecular weight is 305 g/mol. The van der Waals surface area contributed by atoms with E-state index in [1.54, 1.807) is 26.0 Å². The van der Waals surface area contributed by atoms with E-state index in [0.29, 0.717) is 23.4 Å². The lowest BCUT2D eigenvalue weighted by atomic mass is 10.1. The van der Waals surface area contributed by atoms with Gasteiger partial charge in [0.15, 0.2) is 0 Å². The molecule has 0 radical (unpaired) electrons. The number of fused-ring (bicyclic) bond motifs is 1. The first-order chi connectivity index (χ1) is 10.3. The first kappa shape index (κ1) is 15.8. The van der Waals surface area contributed by atoms with Crippen molar-refractivity contribution in [1.82, 2.24) is 9.38 Å². The van der Waals surface area contributed by atoms with Gasteiger partial charge in [-0.2, -0.15) is 0 Å². The number of methoxy groups -OCH3 is 1. The molecule has 0 aliphatic heterocycles. The molecule has 0 aliphatic rings. The van der Waals surface area contributed by atoms with Crippen LogP contribution in [0.1, 0.15) is 26.5 Å². The number of hydrogen-bond acceptors (Lipinski definition) is 6. The van der Waals surface area contributed by atoms with Gasteiger partial charge in [-0.3, -0.25) is 9.20 Å². The highest BCUT2D eigenvalue weighted by Crippen LogP contribution is 2.18. The van der Waals surface area contributed by atoms with E-state index in [2.05, 4.69) is 10.3 Å². The maximum Gasteiger partial charge on any atom is 0.330 e. The second-order valence-electron chi connectivity index (χ2n) is 5.45. The summed E-state index contributed by atoms with van der Waals surface area (Å²) >= 11 is 0. The average Bonchev–Trinajstić information content (AvgIpc) is 2.50. The molecule has 2 aromatic rings. The highest BCUT2D eigenvalue weighted by molar-refractivity contribution is 5.83. The van der Waals surface area contributed by atoms with E-state index >= 15 is 0 Å². The van der Waals surface area contributed by atoms with Gasteiger partial charge in [0.25, 0.3) is 5.56 Å². The van der Waals surface area contributed by atoms with Crippen LogP contribution < -0.4 is 10.9 Å². The van der Waals surface area contributed by atoms with Gasteiger partial charge in [-0.25, -0.2) is 9.78 Å². The van der Waals surface area contributed by atoms with Crippen LogP contribution in [0, 0.1) is 0 Å². The summed E-state index contributed by atoms with van der Waals surface area (Å²) in [6, 6.07) is 3.36. The Kier molecular flexibility index (Phi) is 4.07. The summed E-state index contributed by atoms with van der Waals surface area (Å²) in [5.41, 5.74) is -0.163. The van der Waals surface area contributed by atoms with Crippen LogP contribution in [0.2, 0.25) is 0 Å². The third kappa shape index (κ3) is 2.74. The topological polar surface area (TPSA) is 92.9 Å². The quantitative estimate of drug-likeness (QED) is 0.828. The molecule has 0 atom stereocenters. The van der Waals surface area contributed by atoms with E-state index in [1.165, 1.54) is 17.7 Å². The fourth-order valence-corrected chi connectivity index (χ4v) is 2.16. The van der Waals surface area contributed by atoms with Gasteiger partial charge < -0.3 is 15.2 Å². The summed E-state index contributed by atoms with van der Waals surface area (Å²) in [6.45, 7) is 5.15. The van der Waals surface area contributed by atoms with Crippen LogP contribution in [-0.2, 0) is 16.0 Å². The van der Waals surface area contributed by atoms with Crippen LogP contribution in [0.15, 0.2) is 23.1 Å². The Balaban J connectivity index is 2.50. The summed E-state index contributed by atoms with van der Waals surface area (Å²) in [5.74, 6) is -0.786. The Morgan fingerprint density at radius 1 is 1.45 bits per heavy atom. The first-order valence-corrected chi connectivity index (χ1v) is 6.91. The number of anilines is 1. The smallest absolute Gasteiger partial charge is 0.330 e. The summed E-state index contributed by atoms with van der Waals surface area (Å²) in [5, 5.41) is 12.8. The van der Waals surface area contributed by atoms with Crippen molar-refractivity contribution in [3.63, 3.8) is 0 Å².